The summed E-state index contributed by atoms with van der Waals surface area (Å²) in [6.07, 6.45) is 1.37. The maximum Gasteiger partial charge on any atom is 0.207 e. The average molecular weight is 117 g/mol. The van der Waals surface area contributed by atoms with Gasteiger partial charge in [-0.25, -0.2) is 0 Å². The first-order valence-electron chi connectivity index (χ1n) is 2.65. The molecule has 0 saturated carbocycles. The highest BCUT2D eigenvalue weighted by Gasteiger charge is 1.98. The molecule has 0 bridgehead atoms. The standard InChI is InChI=1S/C5H11NO2/c1-2-5(3-7)6-4-8/h4-5,7H,2-3H2,1H3,(H,6,8)/t5-/m1/s1. The normalized spacial score (nSPS) is 12.8. The van der Waals surface area contributed by atoms with Crippen molar-refractivity contribution in [1.82, 2.24) is 5.32 Å². The van der Waals surface area contributed by atoms with E-state index in [1.807, 2.05) is 6.92 Å². The van der Waals surface area contributed by atoms with Gasteiger partial charge in [-0.05, 0) is 6.42 Å². The molecule has 0 aliphatic rings. The molecule has 0 aliphatic carbocycles. The van der Waals surface area contributed by atoms with Gasteiger partial charge in [0.2, 0.25) is 6.41 Å². The van der Waals surface area contributed by atoms with Crippen LogP contribution in [-0.4, -0.2) is 24.2 Å². The molecule has 2 N–H and O–H groups in total. The van der Waals surface area contributed by atoms with Crippen LogP contribution in [0.3, 0.4) is 0 Å². The van der Waals surface area contributed by atoms with Crippen molar-refractivity contribution in [3.63, 3.8) is 0 Å². The summed E-state index contributed by atoms with van der Waals surface area (Å²) >= 11 is 0. The summed E-state index contributed by atoms with van der Waals surface area (Å²) < 4.78 is 0. The zero-order chi connectivity index (χ0) is 6.41. The molecule has 48 valence electrons. The Morgan fingerprint density at radius 1 is 1.88 bits per heavy atom. The van der Waals surface area contributed by atoms with Crippen LogP contribution in [0.2, 0.25) is 0 Å². The third kappa shape index (κ3) is 2.58. The van der Waals surface area contributed by atoms with Crippen LogP contribution in [0.4, 0.5) is 0 Å². The number of aliphatic hydroxyl groups excluding tert-OH is 1. The van der Waals surface area contributed by atoms with E-state index in [2.05, 4.69) is 5.32 Å². The summed E-state index contributed by atoms with van der Waals surface area (Å²) in [6.45, 7) is 1.92. The molecule has 1 amide bonds. The highest BCUT2D eigenvalue weighted by atomic mass is 16.3. The molecule has 1 atom stereocenters. The molecule has 8 heavy (non-hydrogen) atoms. The lowest BCUT2D eigenvalue weighted by molar-refractivity contribution is -0.110. The predicted octanol–water partition coefficient (Wildman–Crippen LogP) is -0.497. The maximum atomic E-state index is 9.71. The topological polar surface area (TPSA) is 49.3 Å². The average Bonchev–Trinajstić information content (AvgIpc) is 1.83. The van der Waals surface area contributed by atoms with Gasteiger partial charge in [-0.1, -0.05) is 6.92 Å². The summed E-state index contributed by atoms with van der Waals surface area (Å²) in [6, 6.07) is -0.0625. The van der Waals surface area contributed by atoms with E-state index >= 15 is 0 Å². The molecule has 0 saturated heterocycles. The molecule has 0 fully saturated rings. The minimum Gasteiger partial charge on any atom is -0.394 e. The van der Waals surface area contributed by atoms with Crippen molar-refractivity contribution in [2.75, 3.05) is 6.61 Å². The van der Waals surface area contributed by atoms with Gasteiger partial charge >= 0.3 is 0 Å². The Morgan fingerprint density at radius 3 is 2.62 bits per heavy atom. The van der Waals surface area contributed by atoms with Crippen LogP contribution < -0.4 is 5.32 Å². The van der Waals surface area contributed by atoms with Crippen LogP contribution in [0.25, 0.3) is 0 Å². The van der Waals surface area contributed by atoms with E-state index in [0.29, 0.717) is 6.41 Å². The van der Waals surface area contributed by atoms with Gasteiger partial charge in [-0.3, -0.25) is 4.79 Å². The lowest BCUT2D eigenvalue weighted by atomic mass is 10.2. The van der Waals surface area contributed by atoms with E-state index in [1.54, 1.807) is 0 Å². The monoisotopic (exact) mass is 117 g/mol. The maximum absolute atomic E-state index is 9.71. The summed E-state index contributed by atoms with van der Waals surface area (Å²) in [7, 11) is 0. The molecule has 0 spiro atoms. The highest BCUT2D eigenvalue weighted by molar-refractivity contribution is 5.46. The third-order valence-electron chi connectivity index (χ3n) is 1.02. The molecule has 0 radical (unpaired) electrons. The second-order valence-electron chi connectivity index (χ2n) is 1.57. The van der Waals surface area contributed by atoms with E-state index in [1.165, 1.54) is 0 Å². The molecular formula is C5H11NO2. The fraction of sp³-hybridized carbons (Fsp3) is 0.800. The molecule has 0 aromatic carbocycles. The Bertz CT molecular complexity index is 61.4. The van der Waals surface area contributed by atoms with Crippen LogP contribution in [0.1, 0.15) is 13.3 Å². The van der Waals surface area contributed by atoms with Crippen LogP contribution in [-0.2, 0) is 4.79 Å². The molecule has 0 heterocycles. The van der Waals surface area contributed by atoms with Gasteiger partial charge in [0.05, 0.1) is 12.6 Å². The van der Waals surface area contributed by atoms with E-state index < -0.39 is 0 Å². The Hall–Kier alpha value is -0.570. The Balaban J connectivity index is 3.20. The van der Waals surface area contributed by atoms with E-state index in [4.69, 9.17) is 5.11 Å². The van der Waals surface area contributed by atoms with Crippen molar-refractivity contribution >= 4 is 6.41 Å². The fourth-order valence-corrected chi connectivity index (χ4v) is 0.396. The molecule has 0 aromatic rings. The van der Waals surface area contributed by atoms with E-state index in [9.17, 15) is 4.79 Å². The quantitative estimate of drug-likeness (QED) is 0.488. The van der Waals surface area contributed by atoms with Crippen LogP contribution in [0.15, 0.2) is 0 Å². The molecular weight excluding hydrogens is 106 g/mol. The van der Waals surface area contributed by atoms with Crippen molar-refractivity contribution in [3.05, 3.63) is 0 Å². The Labute approximate surface area is 48.7 Å². The first kappa shape index (κ1) is 7.43. The van der Waals surface area contributed by atoms with Crippen LogP contribution in [0.5, 0.6) is 0 Å². The second kappa shape index (κ2) is 4.59. The van der Waals surface area contributed by atoms with Crippen molar-refractivity contribution < 1.29 is 9.90 Å². The molecule has 0 aromatic heterocycles. The molecule has 0 aliphatic heterocycles. The van der Waals surface area contributed by atoms with Gasteiger partial charge in [-0.2, -0.15) is 0 Å². The Morgan fingerprint density at radius 2 is 2.50 bits per heavy atom. The lowest BCUT2D eigenvalue weighted by Gasteiger charge is -2.07. The Kier molecular flexibility index (Phi) is 4.26. The summed E-state index contributed by atoms with van der Waals surface area (Å²) in [4.78, 5) is 9.71. The number of hydrogen-bond donors (Lipinski definition) is 2. The summed E-state index contributed by atoms with van der Waals surface area (Å²) in [5, 5.41) is 10.9. The number of aliphatic hydroxyl groups is 1. The number of amides is 1. The van der Waals surface area contributed by atoms with Crippen molar-refractivity contribution in [1.29, 1.82) is 0 Å². The SMILES string of the molecule is CC[C@H](CO)NC=O. The first-order chi connectivity index (χ1) is 3.85. The van der Waals surface area contributed by atoms with Crippen LogP contribution >= 0.6 is 0 Å². The summed E-state index contributed by atoms with van der Waals surface area (Å²) in [5.41, 5.74) is 0. The van der Waals surface area contributed by atoms with Crippen molar-refractivity contribution in [2.45, 2.75) is 19.4 Å². The lowest BCUT2D eigenvalue weighted by Crippen LogP contribution is -2.30. The van der Waals surface area contributed by atoms with Gasteiger partial charge < -0.3 is 10.4 Å². The van der Waals surface area contributed by atoms with Gasteiger partial charge in [0.15, 0.2) is 0 Å². The van der Waals surface area contributed by atoms with Crippen LogP contribution in [0, 0.1) is 0 Å². The predicted molar refractivity (Wildman–Crippen MR) is 30.4 cm³/mol. The van der Waals surface area contributed by atoms with E-state index in [0.717, 1.165) is 6.42 Å². The fourth-order valence-electron chi connectivity index (χ4n) is 0.396. The van der Waals surface area contributed by atoms with Gasteiger partial charge in [0.1, 0.15) is 0 Å². The first-order valence-corrected chi connectivity index (χ1v) is 2.65. The molecule has 3 nitrogen and oxygen atoms in total. The minimum atomic E-state index is -0.0625. The van der Waals surface area contributed by atoms with Gasteiger partial charge in [-0.15, -0.1) is 0 Å². The minimum absolute atomic E-state index is 0.0231. The number of carbonyl (C=O) groups excluding carboxylic acids is 1. The summed E-state index contributed by atoms with van der Waals surface area (Å²) in [5.74, 6) is 0. The number of hydrogen-bond acceptors (Lipinski definition) is 2. The van der Waals surface area contributed by atoms with Crippen molar-refractivity contribution in [2.24, 2.45) is 0 Å². The number of nitrogens with one attached hydrogen (secondary N) is 1. The third-order valence-corrected chi connectivity index (χ3v) is 1.02. The smallest absolute Gasteiger partial charge is 0.207 e. The highest BCUT2D eigenvalue weighted by Crippen LogP contribution is 1.84. The van der Waals surface area contributed by atoms with Gasteiger partial charge in [0, 0.05) is 0 Å². The molecule has 0 rings (SSSR count). The zero-order valence-corrected chi connectivity index (χ0v) is 4.92. The number of carbonyl (C=O) groups is 1. The largest absolute Gasteiger partial charge is 0.394 e. The second-order valence-corrected chi connectivity index (χ2v) is 1.57. The molecule has 3 heteroatoms. The van der Waals surface area contributed by atoms with Gasteiger partial charge in [0.25, 0.3) is 0 Å². The van der Waals surface area contributed by atoms with E-state index in [-0.39, 0.29) is 12.6 Å². The van der Waals surface area contributed by atoms with Crippen molar-refractivity contribution in [3.8, 4) is 0 Å². The number of rotatable bonds is 4. The zero-order valence-electron chi connectivity index (χ0n) is 4.92. The molecule has 0 unspecified atom stereocenters.